The van der Waals surface area contributed by atoms with Crippen LogP contribution in [0.5, 0.6) is 0 Å². The molecule has 16 nitrogen and oxygen atoms in total. The second kappa shape index (κ2) is 13.5. The highest BCUT2D eigenvalue weighted by Crippen LogP contribution is 2.36. The molecule has 10 N–H and O–H groups in total. The molecule has 0 amide bonds. The summed E-state index contributed by atoms with van der Waals surface area (Å²) < 4.78 is 28.0. The smallest absolute Gasteiger partial charge is 0.388 e. The molecule has 0 aromatic carbocycles. The third kappa shape index (κ3) is 15.3. The van der Waals surface area contributed by atoms with Gasteiger partial charge in [0, 0.05) is 0 Å². The zero-order valence-corrected chi connectivity index (χ0v) is 15.7. The van der Waals surface area contributed by atoms with E-state index in [1.54, 1.807) is 0 Å². The minimum Gasteiger partial charge on any atom is -0.388 e. The fourth-order valence-corrected chi connectivity index (χ4v) is 1.85. The molecule has 0 aliphatic carbocycles. The maximum absolute atomic E-state index is 10.6. The van der Waals surface area contributed by atoms with Crippen LogP contribution in [0, 0.1) is 0 Å². The molecule has 0 aromatic heterocycles. The van der Waals surface area contributed by atoms with Gasteiger partial charge in [-0.05, 0) is 0 Å². The summed E-state index contributed by atoms with van der Waals surface area (Å²) in [5.74, 6) is -1.06. The van der Waals surface area contributed by atoms with E-state index in [1.165, 1.54) is 0 Å². The molecule has 0 saturated heterocycles. The number of carbonyl (C=O) groups excluding carboxylic acids is 2. The zero-order valence-electron chi connectivity index (χ0n) is 13.9. The molecule has 0 unspecified atom stereocenters. The van der Waals surface area contributed by atoms with E-state index in [9.17, 15) is 18.7 Å². The molecule has 0 fully saturated rings. The third-order valence-corrected chi connectivity index (χ3v) is 3.53. The Morgan fingerprint density at radius 2 is 1.25 bits per heavy atom. The highest BCUT2D eigenvalue weighted by Gasteiger charge is 2.27. The van der Waals surface area contributed by atoms with Crippen LogP contribution in [0.1, 0.15) is 0 Å². The predicted octanol–water partition coefficient (Wildman–Crippen LogP) is -5.24. The molecule has 0 spiro atoms. The Balaban J connectivity index is 0. The largest absolute Gasteiger partial charge is 0.469 e. The molecule has 0 radical (unpaired) electrons. The van der Waals surface area contributed by atoms with E-state index in [0.29, 0.717) is 0 Å². The standard InChI is InChI=1S/2C5H11O8P/c2*6-1-3(7)5(9)4(8)2-13-14(10,11)12/h4-6,8-9H,1-2H2,(H2,10,11,12);1,3-5,7-9H,2H2,(H2,10,11,12)/t4-,5-;3-,4+,5-/m10/s1. The third-order valence-electron chi connectivity index (χ3n) is 2.56. The zero-order chi connectivity index (χ0) is 22.7. The van der Waals surface area contributed by atoms with Gasteiger partial charge in [0.1, 0.15) is 37.1 Å². The van der Waals surface area contributed by atoms with Crippen LogP contribution in [0.3, 0.4) is 0 Å². The van der Waals surface area contributed by atoms with E-state index >= 15 is 0 Å². The van der Waals surface area contributed by atoms with Gasteiger partial charge in [0.15, 0.2) is 12.1 Å². The van der Waals surface area contributed by atoms with Crippen molar-refractivity contribution in [3.63, 3.8) is 0 Å². The van der Waals surface area contributed by atoms with E-state index in [0.717, 1.165) is 0 Å². The molecule has 0 aliphatic rings. The van der Waals surface area contributed by atoms with Gasteiger partial charge in [-0.25, -0.2) is 9.13 Å². The fraction of sp³-hybridized carbons (Fsp3) is 0.800. The molecular formula is C10H22O16P2. The van der Waals surface area contributed by atoms with E-state index < -0.39 is 71.8 Å². The lowest BCUT2D eigenvalue weighted by Gasteiger charge is -2.19. The first-order chi connectivity index (χ1) is 12.6. The lowest BCUT2D eigenvalue weighted by atomic mass is 10.1. The number of Topliss-reactive ketones (excluding diaryl/α,β-unsaturated/α-hetero) is 1. The summed E-state index contributed by atoms with van der Waals surface area (Å²) >= 11 is 0. The van der Waals surface area contributed by atoms with Gasteiger partial charge in [-0.15, -0.1) is 0 Å². The van der Waals surface area contributed by atoms with Gasteiger partial charge in [0.05, 0.1) is 13.2 Å². The highest BCUT2D eigenvalue weighted by atomic mass is 31.2. The number of aliphatic hydroxyl groups is 6. The molecule has 0 rings (SSSR count). The van der Waals surface area contributed by atoms with Crippen LogP contribution in [-0.4, -0.2) is 113 Å². The Morgan fingerprint density at radius 1 is 0.857 bits per heavy atom. The van der Waals surface area contributed by atoms with Crippen molar-refractivity contribution in [3.8, 4) is 0 Å². The number of hydrogen-bond acceptors (Lipinski definition) is 12. The van der Waals surface area contributed by atoms with Crippen LogP contribution in [0.2, 0.25) is 0 Å². The van der Waals surface area contributed by atoms with Gasteiger partial charge < -0.3 is 55.0 Å². The lowest BCUT2D eigenvalue weighted by Crippen LogP contribution is -2.40. The van der Waals surface area contributed by atoms with Gasteiger partial charge in [-0.3, -0.25) is 13.8 Å². The van der Waals surface area contributed by atoms with Crippen LogP contribution in [-0.2, 0) is 27.8 Å². The number of phosphoric acid groups is 2. The van der Waals surface area contributed by atoms with Gasteiger partial charge in [0.25, 0.3) is 0 Å². The van der Waals surface area contributed by atoms with Crippen LogP contribution >= 0.6 is 15.6 Å². The van der Waals surface area contributed by atoms with E-state index in [1.807, 2.05) is 0 Å². The van der Waals surface area contributed by atoms with Crippen molar-refractivity contribution in [3.05, 3.63) is 0 Å². The highest BCUT2D eigenvalue weighted by molar-refractivity contribution is 7.46. The van der Waals surface area contributed by atoms with E-state index in [4.69, 9.17) is 50.2 Å². The van der Waals surface area contributed by atoms with Crippen LogP contribution < -0.4 is 0 Å². The van der Waals surface area contributed by atoms with Crippen molar-refractivity contribution in [2.45, 2.75) is 30.5 Å². The van der Waals surface area contributed by atoms with Crippen LogP contribution in [0.15, 0.2) is 0 Å². The van der Waals surface area contributed by atoms with Crippen molar-refractivity contribution in [2.75, 3.05) is 19.8 Å². The van der Waals surface area contributed by atoms with Gasteiger partial charge in [-0.1, -0.05) is 0 Å². The van der Waals surface area contributed by atoms with Crippen LogP contribution in [0.4, 0.5) is 0 Å². The summed E-state index contributed by atoms with van der Waals surface area (Å²) in [6.45, 7) is -2.78. The first-order valence-corrected chi connectivity index (χ1v) is 10.0. The average Bonchev–Trinajstić information content (AvgIpc) is 2.60. The number of rotatable bonds is 12. The summed E-state index contributed by atoms with van der Waals surface area (Å²) in [6, 6.07) is 0. The molecule has 28 heavy (non-hydrogen) atoms. The average molecular weight is 460 g/mol. The molecule has 168 valence electrons. The van der Waals surface area contributed by atoms with Crippen molar-refractivity contribution < 1.29 is 78.0 Å². The number of aldehydes is 1. The summed E-state index contributed by atoms with van der Waals surface area (Å²) in [5, 5.41) is 52.7. The maximum atomic E-state index is 10.6. The van der Waals surface area contributed by atoms with Crippen molar-refractivity contribution >= 4 is 27.7 Å². The SMILES string of the molecule is O=C(CO)[C@@H](O)[C@H](O)COP(=O)(O)O.O=C[C@H](O)[C@H](O)[C@H](O)COP(=O)(O)O. The number of ketones is 1. The van der Waals surface area contributed by atoms with Crippen molar-refractivity contribution in [1.29, 1.82) is 0 Å². The Kier molecular flexibility index (Phi) is 14.3. The number of hydrogen-bond donors (Lipinski definition) is 10. The van der Waals surface area contributed by atoms with E-state index in [2.05, 4.69) is 9.05 Å². The first-order valence-electron chi connectivity index (χ1n) is 6.95. The van der Waals surface area contributed by atoms with Crippen molar-refractivity contribution in [2.24, 2.45) is 0 Å². The minimum atomic E-state index is -4.74. The predicted molar refractivity (Wildman–Crippen MR) is 84.2 cm³/mol. The van der Waals surface area contributed by atoms with Crippen molar-refractivity contribution in [1.82, 2.24) is 0 Å². The Bertz CT molecular complexity index is 556. The molecule has 0 aromatic rings. The van der Waals surface area contributed by atoms with Crippen LogP contribution in [0.25, 0.3) is 0 Å². The van der Waals surface area contributed by atoms with E-state index in [-0.39, 0.29) is 6.29 Å². The second-order valence-electron chi connectivity index (χ2n) is 4.89. The Morgan fingerprint density at radius 3 is 1.57 bits per heavy atom. The quantitative estimate of drug-likeness (QED) is 0.0961. The lowest BCUT2D eigenvalue weighted by molar-refractivity contribution is -0.137. The normalized spacial score (nSPS) is 17.5. The molecule has 5 atom stereocenters. The second-order valence-corrected chi connectivity index (χ2v) is 7.37. The summed E-state index contributed by atoms with van der Waals surface area (Å²) in [5.41, 5.74) is 0. The Labute approximate surface area is 157 Å². The maximum Gasteiger partial charge on any atom is 0.469 e. The number of aliphatic hydroxyl groups excluding tert-OH is 6. The molecule has 0 bridgehead atoms. The first kappa shape index (κ1) is 29.5. The molecule has 18 heteroatoms. The molecule has 0 saturated carbocycles. The monoisotopic (exact) mass is 460 g/mol. The minimum absolute atomic E-state index is 0.0225. The van der Waals surface area contributed by atoms with Gasteiger partial charge in [0.2, 0.25) is 0 Å². The Hall–Kier alpha value is -0.680. The topological polar surface area (TPSA) is 289 Å². The summed E-state index contributed by atoms with van der Waals surface area (Å²) in [7, 11) is -9.48. The molecular weight excluding hydrogens is 438 g/mol. The van der Waals surface area contributed by atoms with Gasteiger partial charge in [-0.2, -0.15) is 0 Å². The number of phosphoric ester groups is 2. The number of carbonyl (C=O) groups is 2. The molecule has 0 heterocycles. The fourth-order valence-electron chi connectivity index (χ4n) is 1.15. The summed E-state index contributed by atoms with van der Waals surface area (Å²) in [4.78, 5) is 53.3. The molecule has 0 aliphatic heterocycles. The summed E-state index contributed by atoms with van der Waals surface area (Å²) in [6.07, 6.45) is -9.17. The van der Waals surface area contributed by atoms with Gasteiger partial charge >= 0.3 is 15.6 Å².